The number of imide groups is 1. The SMILES string of the molecule is Cc1ccc(OCC(=O)NCCN2C(=O)c3cc4ccccc4cc3C2=O)cc1. The molecule has 0 aliphatic carbocycles. The number of carbonyl (C=O) groups is 3. The summed E-state index contributed by atoms with van der Waals surface area (Å²) in [6, 6.07) is 18.5. The summed E-state index contributed by atoms with van der Waals surface area (Å²) in [6.07, 6.45) is 0. The summed E-state index contributed by atoms with van der Waals surface area (Å²) in [4.78, 5) is 38.4. The molecule has 0 unspecified atom stereocenters. The van der Waals surface area contributed by atoms with Crippen LogP contribution < -0.4 is 10.1 Å². The normalized spacial score (nSPS) is 12.9. The van der Waals surface area contributed by atoms with Gasteiger partial charge in [0, 0.05) is 13.1 Å². The summed E-state index contributed by atoms with van der Waals surface area (Å²) in [5.41, 5.74) is 1.92. The predicted molar refractivity (Wildman–Crippen MR) is 109 cm³/mol. The highest BCUT2D eigenvalue weighted by molar-refractivity contribution is 6.23. The molecular weight excluding hydrogens is 368 g/mol. The molecule has 146 valence electrons. The second kappa shape index (κ2) is 7.75. The Labute approximate surface area is 168 Å². The van der Waals surface area contributed by atoms with Gasteiger partial charge < -0.3 is 10.1 Å². The molecule has 3 amide bonds. The first-order chi connectivity index (χ1) is 14.0. The highest BCUT2D eigenvalue weighted by Crippen LogP contribution is 2.27. The van der Waals surface area contributed by atoms with Crippen LogP contribution >= 0.6 is 0 Å². The van der Waals surface area contributed by atoms with Gasteiger partial charge in [-0.3, -0.25) is 19.3 Å². The second-order valence-corrected chi connectivity index (χ2v) is 6.96. The number of ether oxygens (including phenoxy) is 1. The lowest BCUT2D eigenvalue weighted by atomic mass is 10.0. The first-order valence-corrected chi connectivity index (χ1v) is 9.38. The fourth-order valence-electron chi connectivity index (χ4n) is 3.32. The summed E-state index contributed by atoms with van der Waals surface area (Å²) in [6.45, 7) is 2.12. The van der Waals surface area contributed by atoms with Crippen LogP contribution in [0.25, 0.3) is 10.8 Å². The summed E-state index contributed by atoms with van der Waals surface area (Å²) >= 11 is 0. The van der Waals surface area contributed by atoms with Gasteiger partial charge in [0.1, 0.15) is 5.75 Å². The van der Waals surface area contributed by atoms with Gasteiger partial charge in [-0.25, -0.2) is 0 Å². The summed E-state index contributed by atoms with van der Waals surface area (Å²) < 4.78 is 5.42. The minimum atomic E-state index is -0.332. The number of benzene rings is 3. The Morgan fingerprint density at radius 1 is 0.931 bits per heavy atom. The number of aryl methyl sites for hydroxylation is 1. The molecule has 3 aromatic rings. The summed E-state index contributed by atoms with van der Waals surface area (Å²) in [5.74, 6) is -0.368. The first-order valence-electron chi connectivity index (χ1n) is 9.38. The first kappa shape index (κ1) is 18.7. The average Bonchev–Trinajstić information content (AvgIpc) is 2.96. The Balaban J connectivity index is 1.33. The Bertz CT molecular complexity index is 1050. The van der Waals surface area contributed by atoms with Crippen molar-refractivity contribution in [3.8, 4) is 5.75 Å². The number of fused-ring (bicyclic) bond motifs is 2. The molecule has 0 atom stereocenters. The van der Waals surface area contributed by atoms with Crippen LogP contribution in [-0.2, 0) is 4.79 Å². The van der Waals surface area contributed by atoms with Crippen molar-refractivity contribution in [1.29, 1.82) is 0 Å². The smallest absolute Gasteiger partial charge is 0.261 e. The minimum Gasteiger partial charge on any atom is -0.484 e. The van der Waals surface area contributed by atoms with E-state index in [2.05, 4.69) is 5.32 Å². The standard InChI is InChI=1S/C23H20N2O4/c1-15-6-8-18(9-7-15)29-14-21(26)24-10-11-25-22(27)19-12-16-4-2-3-5-17(16)13-20(19)23(25)28/h2-9,12-13H,10-11,14H2,1H3,(H,24,26). The lowest BCUT2D eigenvalue weighted by Gasteiger charge is -2.14. The monoisotopic (exact) mass is 388 g/mol. The highest BCUT2D eigenvalue weighted by atomic mass is 16.5. The number of hydrogen-bond acceptors (Lipinski definition) is 4. The highest BCUT2D eigenvalue weighted by Gasteiger charge is 2.35. The van der Waals surface area contributed by atoms with Crippen LogP contribution in [0.5, 0.6) is 5.75 Å². The van der Waals surface area contributed by atoms with E-state index >= 15 is 0 Å². The molecule has 0 spiro atoms. The van der Waals surface area contributed by atoms with Crippen molar-refractivity contribution in [3.63, 3.8) is 0 Å². The Morgan fingerprint density at radius 3 is 2.10 bits per heavy atom. The van der Waals surface area contributed by atoms with Gasteiger partial charge in [0.2, 0.25) is 0 Å². The van der Waals surface area contributed by atoms with Gasteiger partial charge in [0.25, 0.3) is 17.7 Å². The minimum absolute atomic E-state index is 0.110. The maximum Gasteiger partial charge on any atom is 0.261 e. The number of nitrogens with one attached hydrogen (secondary N) is 1. The van der Waals surface area contributed by atoms with Gasteiger partial charge in [-0.1, -0.05) is 42.0 Å². The van der Waals surface area contributed by atoms with E-state index in [0.717, 1.165) is 16.3 Å². The van der Waals surface area contributed by atoms with Crippen molar-refractivity contribution in [3.05, 3.63) is 77.4 Å². The molecule has 0 saturated heterocycles. The van der Waals surface area contributed by atoms with Gasteiger partial charge in [-0.15, -0.1) is 0 Å². The lowest BCUT2D eigenvalue weighted by Crippen LogP contribution is -2.39. The van der Waals surface area contributed by atoms with E-state index in [1.165, 1.54) is 4.90 Å². The van der Waals surface area contributed by atoms with Crippen molar-refractivity contribution in [1.82, 2.24) is 10.2 Å². The molecule has 0 radical (unpaired) electrons. The Kier molecular flexibility index (Phi) is 4.99. The maximum atomic E-state index is 12.6. The van der Waals surface area contributed by atoms with Crippen LogP contribution in [0.2, 0.25) is 0 Å². The van der Waals surface area contributed by atoms with Crippen molar-refractivity contribution in [2.24, 2.45) is 0 Å². The quantitative estimate of drug-likeness (QED) is 0.659. The van der Waals surface area contributed by atoms with Crippen LogP contribution in [0.1, 0.15) is 26.3 Å². The summed E-state index contributed by atoms with van der Waals surface area (Å²) in [7, 11) is 0. The third kappa shape index (κ3) is 3.82. The molecule has 6 nitrogen and oxygen atoms in total. The van der Waals surface area contributed by atoms with E-state index in [-0.39, 0.29) is 37.4 Å². The lowest BCUT2D eigenvalue weighted by molar-refractivity contribution is -0.123. The zero-order chi connectivity index (χ0) is 20.4. The molecule has 0 bridgehead atoms. The Hall–Kier alpha value is -3.67. The maximum absolute atomic E-state index is 12.6. The summed E-state index contributed by atoms with van der Waals surface area (Å²) in [5, 5.41) is 4.51. The largest absolute Gasteiger partial charge is 0.484 e. The molecule has 1 aliphatic heterocycles. The topological polar surface area (TPSA) is 75.7 Å². The van der Waals surface area contributed by atoms with Crippen molar-refractivity contribution < 1.29 is 19.1 Å². The van der Waals surface area contributed by atoms with Crippen molar-refractivity contribution >= 4 is 28.5 Å². The second-order valence-electron chi connectivity index (χ2n) is 6.96. The molecule has 0 fully saturated rings. The number of hydrogen-bond donors (Lipinski definition) is 1. The van der Waals surface area contributed by atoms with Crippen molar-refractivity contribution in [2.75, 3.05) is 19.7 Å². The third-order valence-electron chi connectivity index (χ3n) is 4.89. The molecular formula is C23H20N2O4. The molecule has 0 aromatic heterocycles. The number of rotatable bonds is 6. The molecule has 0 saturated carbocycles. The van der Waals surface area contributed by atoms with Gasteiger partial charge in [-0.05, 0) is 42.0 Å². The molecule has 1 heterocycles. The average molecular weight is 388 g/mol. The molecule has 29 heavy (non-hydrogen) atoms. The van der Waals surface area contributed by atoms with E-state index in [1.54, 1.807) is 24.3 Å². The zero-order valence-corrected chi connectivity index (χ0v) is 16.0. The Morgan fingerprint density at radius 2 is 1.52 bits per heavy atom. The number of amides is 3. The number of nitrogens with zero attached hydrogens (tertiary/aromatic N) is 1. The fraction of sp³-hybridized carbons (Fsp3) is 0.174. The third-order valence-corrected chi connectivity index (χ3v) is 4.89. The zero-order valence-electron chi connectivity index (χ0n) is 16.0. The van der Waals surface area contributed by atoms with Crippen molar-refractivity contribution in [2.45, 2.75) is 6.92 Å². The molecule has 4 rings (SSSR count). The van der Waals surface area contributed by atoms with Crippen LogP contribution in [0.15, 0.2) is 60.7 Å². The van der Waals surface area contributed by atoms with Gasteiger partial charge in [0.05, 0.1) is 11.1 Å². The van der Waals surface area contributed by atoms with Crippen LogP contribution in [0.4, 0.5) is 0 Å². The van der Waals surface area contributed by atoms with E-state index in [0.29, 0.717) is 16.9 Å². The molecule has 1 N–H and O–H groups in total. The van der Waals surface area contributed by atoms with Gasteiger partial charge >= 0.3 is 0 Å². The molecule has 1 aliphatic rings. The number of carbonyl (C=O) groups excluding carboxylic acids is 3. The van der Waals surface area contributed by atoms with Gasteiger partial charge in [0.15, 0.2) is 6.61 Å². The van der Waals surface area contributed by atoms with Gasteiger partial charge in [-0.2, -0.15) is 0 Å². The van der Waals surface area contributed by atoms with Crippen LogP contribution in [0.3, 0.4) is 0 Å². The van der Waals surface area contributed by atoms with Crippen LogP contribution in [0, 0.1) is 6.92 Å². The fourth-order valence-corrected chi connectivity index (χ4v) is 3.32. The van der Waals surface area contributed by atoms with E-state index in [1.807, 2.05) is 43.3 Å². The van der Waals surface area contributed by atoms with Crippen LogP contribution in [-0.4, -0.2) is 42.3 Å². The van der Waals surface area contributed by atoms with E-state index in [9.17, 15) is 14.4 Å². The predicted octanol–water partition coefficient (Wildman–Crippen LogP) is 2.94. The molecule has 6 heteroatoms. The molecule has 3 aromatic carbocycles. The van der Waals surface area contributed by atoms with E-state index < -0.39 is 0 Å². The van der Waals surface area contributed by atoms with E-state index in [4.69, 9.17) is 4.74 Å².